The van der Waals surface area contributed by atoms with Crippen LogP contribution in [-0.2, 0) is 16.9 Å². The summed E-state index contributed by atoms with van der Waals surface area (Å²) in [4.78, 5) is 38.8. The second kappa shape index (κ2) is 7.11. The number of ether oxygens (including phenoxy) is 1. The lowest BCUT2D eigenvalue weighted by atomic mass is 9.89. The van der Waals surface area contributed by atoms with E-state index in [1.165, 1.54) is 23.1 Å². The van der Waals surface area contributed by atoms with Crippen LogP contribution in [0.25, 0.3) is 0 Å². The molecule has 0 aromatic heterocycles. The molecule has 10 heteroatoms. The Morgan fingerprint density at radius 2 is 1.86 bits per heavy atom. The molecule has 0 bridgehead atoms. The van der Waals surface area contributed by atoms with E-state index in [2.05, 4.69) is 31.3 Å². The van der Waals surface area contributed by atoms with Gasteiger partial charge >= 0.3 is 12.6 Å². The van der Waals surface area contributed by atoms with E-state index in [1.807, 2.05) is 0 Å². The Balaban J connectivity index is 1.65. The van der Waals surface area contributed by atoms with Gasteiger partial charge in [0.15, 0.2) is 5.54 Å². The molecule has 150 valence electrons. The van der Waals surface area contributed by atoms with E-state index in [-0.39, 0.29) is 24.4 Å². The molecule has 2 aromatic rings. The first kappa shape index (κ1) is 19.3. The average Bonchev–Trinajstić information content (AvgIpc) is 3.12. The van der Waals surface area contributed by atoms with Crippen LogP contribution in [0.5, 0.6) is 5.75 Å². The van der Waals surface area contributed by atoms with Crippen molar-refractivity contribution in [1.82, 2.24) is 15.5 Å². The maximum atomic E-state index is 12.9. The van der Waals surface area contributed by atoms with Crippen LogP contribution in [0.15, 0.2) is 46.9 Å². The highest BCUT2D eigenvalue weighted by molar-refractivity contribution is 9.10. The van der Waals surface area contributed by atoms with Crippen LogP contribution < -0.4 is 15.4 Å². The third-order valence-electron chi connectivity index (χ3n) is 4.89. The van der Waals surface area contributed by atoms with Gasteiger partial charge in [-0.15, -0.1) is 0 Å². The molecule has 2 aliphatic rings. The van der Waals surface area contributed by atoms with Crippen LogP contribution in [0.3, 0.4) is 0 Å². The fraction of sp³-hybridized carbons (Fsp3) is 0.211. The van der Waals surface area contributed by atoms with Crippen molar-refractivity contribution in [1.29, 1.82) is 0 Å². The number of urea groups is 1. The highest BCUT2D eigenvalue weighted by Crippen LogP contribution is 2.33. The van der Waals surface area contributed by atoms with E-state index in [4.69, 9.17) is 0 Å². The Labute approximate surface area is 172 Å². The molecule has 0 aliphatic carbocycles. The number of fused-ring (bicyclic) bond motifs is 1. The highest BCUT2D eigenvalue weighted by Gasteiger charge is 2.50. The van der Waals surface area contributed by atoms with E-state index in [1.54, 1.807) is 24.3 Å². The Kier molecular flexibility index (Phi) is 4.73. The van der Waals surface area contributed by atoms with Gasteiger partial charge in [-0.05, 0) is 35.4 Å². The van der Waals surface area contributed by atoms with Gasteiger partial charge in [0.2, 0.25) is 0 Å². The van der Waals surface area contributed by atoms with Crippen LogP contribution in [0.2, 0.25) is 0 Å². The lowest BCUT2D eigenvalue weighted by Gasteiger charge is -2.31. The topological polar surface area (TPSA) is 87.7 Å². The number of halogens is 3. The Morgan fingerprint density at radius 1 is 1.14 bits per heavy atom. The summed E-state index contributed by atoms with van der Waals surface area (Å²) in [5.74, 6) is -1.14. The fourth-order valence-corrected chi connectivity index (χ4v) is 3.83. The number of carbonyl (C=O) groups excluding carboxylic acids is 3. The van der Waals surface area contributed by atoms with Crippen LogP contribution in [0, 0.1) is 0 Å². The molecule has 1 fully saturated rings. The molecule has 0 spiro atoms. The maximum absolute atomic E-state index is 12.9. The largest absolute Gasteiger partial charge is 0.435 e. The van der Waals surface area contributed by atoms with E-state index in [0.717, 1.165) is 4.47 Å². The number of imide groups is 1. The summed E-state index contributed by atoms with van der Waals surface area (Å²) in [6.07, 6.45) is 0. The first-order valence-corrected chi connectivity index (χ1v) is 9.34. The first-order chi connectivity index (χ1) is 13.8. The Bertz CT molecular complexity index is 1020. The molecule has 2 aromatic carbocycles. The Morgan fingerprint density at radius 3 is 2.48 bits per heavy atom. The predicted molar refractivity (Wildman–Crippen MR) is 100 cm³/mol. The molecular formula is C19H14BrF2N3O4. The molecule has 2 N–H and O–H groups in total. The average molecular weight is 466 g/mol. The summed E-state index contributed by atoms with van der Waals surface area (Å²) in [5.41, 5.74) is -0.113. The smallest absolute Gasteiger partial charge is 0.387 e. The van der Waals surface area contributed by atoms with E-state index in [0.29, 0.717) is 11.1 Å². The summed E-state index contributed by atoms with van der Waals surface area (Å²) in [6, 6.07) is 10.3. The fourth-order valence-electron chi connectivity index (χ4n) is 3.56. The van der Waals surface area contributed by atoms with Crippen molar-refractivity contribution in [3.63, 3.8) is 0 Å². The van der Waals surface area contributed by atoms with Gasteiger partial charge in [-0.25, -0.2) is 4.79 Å². The van der Waals surface area contributed by atoms with Gasteiger partial charge in [-0.2, -0.15) is 8.78 Å². The lowest BCUT2D eigenvalue weighted by Crippen LogP contribution is -2.52. The number of hydrogen-bond acceptors (Lipinski definition) is 4. The second-order valence-electron chi connectivity index (χ2n) is 6.68. The zero-order valence-electron chi connectivity index (χ0n) is 14.7. The number of hydrogen-bond donors (Lipinski definition) is 2. The quantitative estimate of drug-likeness (QED) is 0.664. The van der Waals surface area contributed by atoms with Gasteiger partial charge in [0.25, 0.3) is 11.8 Å². The highest BCUT2D eigenvalue weighted by atomic mass is 79.9. The third kappa shape index (κ3) is 3.44. The van der Waals surface area contributed by atoms with Gasteiger partial charge in [0.05, 0.1) is 6.54 Å². The predicted octanol–water partition coefficient (Wildman–Crippen LogP) is 2.74. The summed E-state index contributed by atoms with van der Waals surface area (Å²) >= 11 is 3.32. The minimum atomic E-state index is -3.00. The summed E-state index contributed by atoms with van der Waals surface area (Å²) in [5, 5.41) is 4.85. The molecular weight excluding hydrogens is 452 g/mol. The van der Waals surface area contributed by atoms with Crippen molar-refractivity contribution in [3.8, 4) is 5.75 Å². The maximum Gasteiger partial charge on any atom is 0.387 e. The molecule has 7 nitrogen and oxygen atoms in total. The minimum absolute atomic E-state index is 0.120. The molecule has 0 unspecified atom stereocenters. The van der Waals surface area contributed by atoms with Crippen molar-refractivity contribution in [3.05, 3.63) is 63.6 Å². The van der Waals surface area contributed by atoms with Crippen LogP contribution in [-0.4, -0.2) is 35.9 Å². The molecule has 2 aliphatic heterocycles. The summed E-state index contributed by atoms with van der Waals surface area (Å²) in [7, 11) is 0. The number of alkyl halides is 2. The molecule has 0 radical (unpaired) electrons. The van der Waals surface area contributed by atoms with Gasteiger partial charge in [-0.3, -0.25) is 14.9 Å². The van der Waals surface area contributed by atoms with Gasteiger partial charge in [-0.1, -0.05) is 34.1 Å². The van der Waals surface area contributed by atoms with Crippen LogP contribution in [0.1, 0.15) is 21.5 Å². The molecule has 0 saturated carbocycles. The first-order valence-electron chi connectivity index (χ1n) is 8.55. The Hall–Kier alpha value is -3.01. The van der Waals surface area contributed by atoms with Crippen LogP contribution in [0.4, 0.5) is 13.6 Å². The van der Waals surface area contributed by atoms with E-state index < -0.39 is 30.0 Å². The number of carbonyl (C=O) groups is 3. The molecule has 1 atom stereocenters. The zero-order chi connectivity index (χ0) is 20.8. The minimum Gasteiger partial charge on any atom is -0.435 e. The van der Waals surface area contributed by atoms with Gasteiger partial charge in [0.1, 0.15) is 5.75 Å². The molecule has 4 rings (SSSR count). The number of amides is 4. The second-order valence-corrected chi connectivity index (χ2v) is 7.59. The van der Waals surface area contributed by atoms with Crippen LogP contribution >= 0.6 is 15.9 Å². The molecule has 2 heterocycles. The third-order valence-corrected chi connectivity index (χ3v) is 5.42. The SMILES string of the molecule is O=C1NC(=O)[C@](CN2Cc3ccc(OC(F)F)cc3C2=O)(c2ccc(Br)cc2)N1. The van der Waals surface area contributed by atoms with Crippen molar-refractivity contribution in [2.75, 3.05) is 6.54 Å². The summed E-state index contributed by atoms with van der Waals surface area (Å²) < 4.78 is 30.1. The number of benzene rings is 2. The zero-order valence-corrected chi connectivity index (χ0v) is 16.3. The van der Waals surface area contributed by atoms with Crippen molar-refractivity contribution < 1.29 is 27.9 Å². The van der Waals surface area contributed by atoms with Crippen molar-refractivity contribution in [2.45, 2.75) is 18.7 Å². The normalized spacial score (nSPS) is 20.7. The number of nitrogens with zero attached hydrogens (tertiary/aromatic N) is 1. The molecule has 1 saturated heterocycles. The summed E-state index contributed by atoms with van der Waals surface area (Å²) in [6.45, 7) is -2.95. The lowest BCUT2D eigenvalue weighted by molar-refractivity contribution is -0.124. The standard InChI is InChI=1S/C19H14BrF2N3O4/c20-12-4-2-11(3-5-12)19(16(27)23-18(28)24-19)9-25-8-10-1-6-13(29-17(21)22)7-14(10)15(25)26/h1-7,17H,8-9H2,(H2,23,24,27,28)/t19-/m0/s1. The van der Waals surface area contributed by atoms with Gasteiger partial charge in [0, 0.05) is 16.6 Å². The van der Waals surface area contributed by atoms with Crippen molar-refractivity contribution in [2.24, 2.45) is 0 Å². The van der Waals surface area contributed by atoms with E-state index >= 15 is 0 Å². The molecule has 29 heavy (non-hydrogen) atoms. The number of rotatable bonds is 5. The van der Waals surface area contributed by atoms with Gasteiger partial charge < -0.3 is 15.0 Å². The number of nitrogens with one attached hydrogen (secondary N) is 2. The van der Waals surface area contributed by atoms with Crippen molar-refractivity contribution >= 4 is 33.8 Å². The molecule has 4 amide bonds. The monoisotopic (exact) mass is 465 g/mol. The van der Waals surface area contributed by atoms with E-state index in [9.17, 15) is 23.2 Å².